The van der Waals surface area contributed by atoms with Gasteiger partial charge in [0.05, 0.1) is 44.9 Å². The number of nitrogens with one attached hydrogen (secondary N) is 2. The molecule has 24 nitrogen and oxygen atoms in total. The third kappa shape index (κ3) is 26.5. The van der Waals surface area contributed by atoms with Crippen LogP contribution in [-0.4, -0.2) is 168 Å². The highest BCUT2D eigenvalue weighted by molar-refractivity contribution is 7.61. The van der Waals surface area contributed by atoms with Gasteiger partial charge in [-0.05, 0) is 19.1 Å². The summed E-state index contributed by atoms with van der Waals surface area (Å²) < 4.78 is 61.5. The molecule has 0 aliphatic carbocycles. The molecule has 2 heterocycles. The van der Waals surface area contributed by atoms with Crippen LogP contribution in [0.2, 0.25) is 0 Å². The standard InChI is InChI=1S/C43H86N3O21P3/c1-4-6-8-10-12-14-16-18-20-22-30(48)26-34(50)45-36-39(53)38(52)33(64-43(36)66-68(3,55)56)29-61-42-37(46-35(51)27-31(49)23-21-19-17-15-13-11-9-7-5-2)40(54)41(32(28-47)63-42)65-70(59,60)67-69(57,58)62-25-24-44/h30-33,36-43,47-49,52-56H,3-29,44H2,1-2H3,(H,45,50)(H,46,51)(H,57,58)(H,59,60)/t30-,31-,32?,33?,36?,37?,38-,39-,40-,41-,42-,43-/m1/s1. The van der Waals surface area contributed by atoms with E-state index < -0.39 is 141 Å². The first-order chi connectivity index (χ1) is 33.1. The summed E-state index contributed by atoms with van der Waals surface area (Å²) >= 11 is 0. The third-order valence-electron chi connectivity index (χ3n) is 11.9. The van der Waals surface area contributed by atoms with Crippen molar-refractivity contribution in [2.75, 3.05) is 26.4 Å². The van der Waals surface area contributed by atoms with Crippen LogP contribution in [0.3, 0.4) is 0 Å². The van der Waals surface area contributed by atoms with Crippen LogP contribution in [0.1, 0.15) is 155 Å². The van der Waals surface area contributed by atoms with Crippen molar-refractivity contribution in [3.8, 4) is 0 Å². The van der Waals surface area contributed by atoms with E-state index in [-0.39, 0.29) is 13.0 Å². The van der Waals surface area contributed by atoms with E-state index in [0.717, 1.165) is 64.2 Å². The van der Waals surface area contributed by atoms with E-state index in [0.29, 0.717) is 19.3 Å². The van der Waals surface area contributed by atoms with Crippen molar-refractivity contribution in [2.45, 2.75) is 229 Å². The molecule has 0 aromatic rings. The lowest BCUT2D eigenvalue weighted by Gasteiger charge is -2.46. The average molecular weight is 1070 g/mol. The van der Waals surface area contributed by atoms with Gasteiger partial charge in [0.2, 0.25) is 19.4 Å². The van der Waals surface area contributed by atoms with Crippen LogP contribution in [0.25, 0.3) is 0 Å². The summed E-state index contributed by atoms with van der Waals surface area (Å²) in [4.78, 5) is 67.0. The first kappa shape index (κ1) is 65.1. The number of hydrogen-bond donors (Lipinski definition) is 13. The topological polar surface area (TPSA) is 385 Å². The number of phosphoric acid groups is 2. The number of aliphatic hydroxyl groups is 6. The minimum Gasteiger partial charge on any atom is -0.394 e. The van der Waals surface area contributed by atoms with Crippen LogP contribution in [0.4, 0.5) is 0 Å². The Kier molecular flexibility index (Phi) is 32.1. The lowest BCUT2D eigenvalue weighted by molar-refractivity contribution is -0.294. The predicted molar refractivity (Wildman–Crippen MR) is 257 cm³/mol. The predicted octanol–water partition coefficient (Wildman–Crippen LogP) is 2.61. The second kappa shape index (κ2) is 34.5. The Morgan fingerprint density at radius 2 is 1.09 bits per heavy atom. The lowest BCUT2D eigenvalue weighted by Crippen LogP contribution is -2.67. The lowest BCUT2D eigenvalue weighted by atomic mass is 9.95. The fourth-order valence-corrected chi connectivity index (χ4v) is 11.0. The second-order valence-corrected chi connectivity index (χ2v) is 22.7. The molecule has 14 N–H and O–H groups in total. The fourth-order valence-electron chi connectivity index (χ4n) is 8.16. The van der Waals surface area contributed by atoms with Crippen molar-refractivity contribution in [1.82, 2.24) is 10.6 Å². The Balaban J connectivity index is 2.20. The smallest absolute Gasteiger partial charge is 0.394 e. The Bertz CT molecular complexity index is 1600. The highest BCUT2D eigenvalue weighted by atomic mass is 31.3. The van der Waals surface area contributed by atoms with E-state index in [4.69, 9.17) is 29.0 Å². The summed E-state index contributed by atoms with van der Waals surface area (Å²) in [6, 6.07) is -3.45. The van der Waals surface area contributed by atoms with Crippen molar-refractivity contribution >= 4 is 41.3 Å². The van der Waals surface area contributed by atoms with Gasteiger partial charge in [-0.3, -0.25) is 23.2 Å². The number of aliphatic hydroxyl groups excluding tert-OH is 6. The highest BCUT2D eigenvalue weighted by Crippen LogP contribution is 2.61. The maximum Gasteiger partial charge on any atom is 0.481 e. The monoisotopic (exact) mass is 1070 g/mol. The van der Waals surface area contributed by atoms with Crippen LogP contribution >= 0.6 is 23.2 Å². The van der Waals surface area contributed by atoms with Crippen LogP contribution < -0.4 is 16.4 Å². The van der Waals surface area contributed by atoms with Gasteiger partial charge >= 0.3 is 15.6 Å². The van der Waals surface area contributed by atoms with Gasteiger partial charge < -0.3 is 80.8 Å². The maximum atomic E-state index is 13.4. The first-order valence-corrected chi connectivity index (χ1v) is 29.6. The summed E-state index contributed by atoms with van der Waals surface area (Å²) in [5, 5.41) is 70.4. The Hall–Kier alpha value is -1.02. The van der Waals surface area contributed by atoms with Gasteiger partial charge in [0.25, 0.3) is 0 Å². The summed E-state index contributed by atoms with van der Waals surface area (Å²) in [5.41, 5.74) is 5.25. The normalized spacial score (nSPS) is 27.8. The highest BCUT2D eigenvalue weighted by Gasteiger charge is 2.52. The van der Waals surface area contributed by atoms with Gasteiger partial charge in [-0.25, -0.2) is 9.13 Å². The van der Waals surface area contributed by atoms with E-state index in [2.05, 4.69) is 39.6 Å². The van der Waals surface area contributed by atoms with E-state index in [9.17, 15) is 68.9 Å². The number of rotatable bonds is 39. The van der Waals surface area contributed by atoms with Crippen molar-refractivity contribution in [3.05, 3.63) is 0 Å². The second-order valence-electron chi connectivity index (χ2n) is 18.2. The molecule has 2 amide bonds. The average Bonchev–Trinajstić information content (AvgIpc) is 3.27. The van der Waals surface area contributed by atoms with Crippen LogP contribution in [0, 0.1) is 0 Å². The molecule has 27 heteroatoms. The van der Waals surface area contributed by atoms with Crippen LogP contribution in [-0.2, 0) is 50.8 Å². The van der Waals surface area contributed by atoms with Gasteiger partial charge in [-0.15, -0.1) is 0 Å². The Morgan fingerprint density at radius 3 is 1.53 bits per heavy atom. The van der Waals surface area contributed by atoms with Gasteiger partial charge in [0, 0.05) is 6.54 Å². The minimum absolute atomic E-state index is 0.256. The zero-order chi connectivity index (χ0) is 52.3. The van der Waals surface area contributed by atoms with Crippen molar-refractivity contribution in [1.29, 1.82) is 0 Å². The summed E-state index contributed by atoms with van der Waals surface area (Å²) in [6.45, 7) is 1.56. The number of nitrogens with two attached hydrogens (primary N) is 1. The van der Waals surface area contributed by atoms with Crippen molar-refractivity contribution in [2.24, 2.45) is 5.73 Å². The molecule has 0 spiro atoms. The molecule has 0 radical (unpaired) electrons. The van der Waals surface area contributed by atoms with Gasteiger partial charge in [0.1, 0.15) is 48.7 Å². The molecule has 2 saturated heterocycles. The number of hydrogen-bond acceptors (Lipinski definition) is 20. The van der Waals surface area contributed by atoms with Crippen LogP contribution in [0.5, 0.6) is 0 Å². The quantitative estimate of drug-likeness (QED) is 0.0311. The molecule has 2 aliphatic heterocycles. The SMILES string of the molecule is C=P(O)(O)O[C@H]1OC(CO[C@@H]2OC(CO)[C@@H](OP(=O)(O)OP(=O)(O)OCCN)[C@H](O)C2NC(=O)C[C@H](O)CCCCCCCCCCC)[C@@H](O)[C@H](O)C1NC(=O)C[C@H](O)CCCCCCCCCCC. The molecule has 2 fully saturated rings. The van der Waals surface area contributed by atoms with Gasteiger partial charge in [-0.2, -0.15) is 4.31 Å². The summed E-state index contributed by atoms with van der Waals surface area (Å²) in [6.07, 6.45) is 4.02. The number of amides is 2. The van der Waals surface area contributed by atoms with Crippen molar-refractivity contribution in [3.63, 3.8) is 0 Å². The minimum atomic E-state index is -5.66. The summed E-state index contributed by atoms with van der Waals surface area (Å²) in [7, 11) is -15.4. The van der Waals surface area contributed by atoms with Crippen molar-refractivity contribution < 1.29 is 101 Å². The molecule has 14 atom stereocenters. The molecular formula is C43H86N3O21P3. The van der Waals surface area contributed by atoms with Crippen LogP contribution in [0.15, 0.2) is 0 Å². The van der Waals surface area contributed by atoms with Gasteiger partial charge in [-0.1, -0.05) is 129 Å². The molecule has 6 unspecified atom stereocenters. The molecule has 414 valence electrons. The number of carbonyl (C=O) groups excluding carboxylic acids is 2. The van der Waals surface area contributed by atoms with E-state index in [1.165, 1.54) is 38.5 Å². The Morgan fingerprint density at radius 1 is 0.643 bits per heavy atom. The fraction of sp³-hybridized carbons (Fsp3) is 0.930. The number of phosphoric ester groups is 2. The molecule has 0 aromatic heterocycles. The van der Waals surface area contributed by atoms with E-state index in [1.54, 1.807) is 0 Å². The zero-order valence-corrected chi connectivity index (χ0v) is 43.6. The number of ether oxygens (including phenoxy) is 3. The molecule has 2 aliphatic rings. The van der Waals surface area contributed by atoms with E-state index >= 15 is 0 Å². The van der Waals surface area contributed by atoms with Gasteiger partial charge in [0.15, 0.2) is 12.6 Å². The maximum absolute atomic E-state index is 13.4. The number of unbranched alkanes of at least 4 members (excludes halogenated alkanes) is 16. The largest absolute Gasteiger partial charge is 0.481 e. The molecular weight excluding hydrogens is 987 g/mol. The Labute approximate surface area is 412 Å². The van der Waals surface area contributed by atoms with E-state index in [1.807, 2.05) is 0 Å². The third-order valence-corrected chi connectivity index (χ3v) is 15.1. The summed E-state index contributed by atoms with van der Waals surface area (Å²) in [5.74, 6) is -1.66. The zero-order valence-electron chi connectivity index (χ0n) is 40.9. The number of carbonyl (C=O) groups is 2. The molecule has 0 saturated carbocycles. The molecule has 0 bridgehead atoms. The molecule has 70 heavy (non-hydrogen) atoms. The molecule has 0 aromatic carbocycles. The molecule has 2 rings (SSSR count). The first-order valence-electron chi connectivity index (χ1n) is 24.9.